The predicted octanol–water partition coefficient (Wildman–Crippen LogP) is 3.56. The van der Waals surface area contributed by atoms with Crippen LogP contribution in [0.2, 0.25) is 0 Å². The molecule has 112 valence electrons. The number of nitrogens with two attached hydrogens (primary N) is 1. The Bertz CT molecular complexity index is 609. The average Bonchev–Trinajstić information content (AvgIpc) is 2.83. The van der Waals surface area contributed by atoms with Crippen LogP contribution in [0.15, 0.2) is 23.3 Å². The van der Waals surface area contributed by atoms with Crippen LogP contribution < -0.4 is 5.84 Å². The first-order chi connectivity index (χ1) is 10.1. The van der Waals surface area contributed by atoms with Gasteiger partial charge in [-0.3, -0.25) is 0 Å². The quantitative estimate of drug-likeness (QED) is 0.565. The lowest BCUT2D eigenvalue weighted by molar-refractivity contribution is 0.0955. The molecule has 0 amide bonds. The number of phenols is 1. The summed E-state index contributed by atoms with van der Waals surface area (Å²) in [4.78, 5) is 0. The van der Waals surface area contributed by atoms with Crippen molar-refractivity contribution in [3.63, 3.8) is 0 Å². The van der Waals surface area contributed by atoms with Gasteiger partial charge in [-0.15, -0.1) is 0 Å². The highest BCUT2D eigenvalue weighted by atomic mass is 16.3. The Morgan fingerprint density at radius 1 is 1.24 bits per heavy atom. The highest BCUT2D eigenvalue weighted by Crippen LogP contribution is 2.59. The molecule has 3 N–H and O–H groups in total. The molecular formula is C18H24N2O. The lowest BCUT2D eigenvalue weighted by atomic mass is 9.55. The topological polar surface area (TPSA) is 58.6 Å². The fraction of sp³-hybridized carbons (Fsp3) is 0.611. The minimum Gasteiger partial charge on any atom is -0.508 e. The Morgan fingerprint density at radius 2 is 2.10 bits per heavy atom. The first kappa shape index (κ1) is 13.2. The van der Waals surface area contributed by atoms with Crippen molar-refractivity contribution in [2.24, 2.45) is 28.2 Å². The summed E-state index contributed by atoms with van der Waals surface area (Å²) in [6, 6.07) is 5.99. The zero-order chi connectivity index (χ0) is 14.6. The first-order valence-electron chi connectivity index (χ1n) is 8.22. The Balaban J connectivity index is 1.72. The number of hydrazone groups is 1. The maximum atomic E-state index is 9.71. The Labute approximate surface area is 126 Å². The standard InChI is InChI=1S/C18H24N2O/c1-18-9-8-14-13-5-3-12(21)10-11(13)2-4-15(14)16(18)6-7-17(18)20-19/h3,5,10,14-16,21H,2,4,6-9,19H2,1H3/b20-17+/t14-,15-,16+,18+/m1/s1. The van der Waals surface area contributed by atoms with Crippen molar-refractivity contribution in [3.8, 4) is 5.75 Å². The van der Waals surface area contributed by atoms with Gasteiger partial charge in [0.15, 0.2) is 0 Å². The third-order valence-electron chi connectivity index (χ3n) is 6.61. The van der Waals surface area contributed by atoms with E-state index in [1.807, 2.05) is 12.1 Å². The molecule has 0 unspecified atom stereocenters. The zero-order valence-electron chi connectivity index (χ0n) is 12.7. The second-order valence-corrected chi connectivity index (χ2v) is 7.37. The van der Waals surface area contributed by atoms with Crippen LogP contribution in [0.5, 0.6) is 5.75 Å². The molecule has 0 aromatic heterocycles. The predicted molar refractivity (Wildman–Crippen MR) is 84.3 cm³/mol. The van der Waals surface area contributed by atoms with Crippen molar-refractivity contribution < 1.29 is 5.11 Å². The lowest BCUT2D eigenvalue weighted by Crippen LogP contribution is -2.42. The number of fused-ring (bicyclic) bond motifs is 5. The van der Waals surface area contributed by atoms with E-state index in [9.17, 15) is 5.11 Å². The summed E-state index contributed by atoms with van der Waals surface area (Å²) in [7, 11) is 0. The van der Waals surface area contributed by atoms with E-state index in [-0.39, 0.29) is 5.41 Å². The summed E-state index contributed by atoms with van der Waals surface area (Å²) < 4.78 is 0. The Hall–Kier alpha value is -1.51. The van der Waals surface area contributed by atoms with Gasteiger partial charge in [-0.2, -0.15) is 5.10 Å². The van der Waals surface area contributed by atoms with Crippen molar-refractivity contribution in [2.75, 3.05) is 0 Å². The fourth-order valence-electron chi connectivity index (χ4n) is 5.57. The molecule has 0 heterocycles. The molecule has 3 nitrogen and oxygen atoms in total. The van der Waals surface area contributed by atoms with Crippen LogP contribution in [0.1, 0.15) is 56.1 Å². The van der Waals surface area contributed by atoms with Gasteiger partial charge in [0.2, 0.25) is 0 Å². The molecule has 2 saturated carbocycles. The highest BCUT2D eigenvalue weighted by Gasteiger charge is 2.53. The Morgan fingerprint density at radius 3 is 2.90 bits per heavy atom. The third kappa shape index (κ3) is 1.76. The van der Waals surface area contributed by atoms with Crippen molar-refractivity contribution >= 4 is 5.71 Å². The van der Waals surface area contributed by atoms with Crippen LogP contribution in [0.4, 0.5) is 0 Å². The number of rotatable bonds is 0. The number of hydrogen-bond donors (Lipinski definition) is 2. The second-order valence-electron chi connectivity index (χ2n) is 7.37. The number of phenolic OH excluding ortho intramolecular Hbond substituents is 1. The second kappa shape index (κ2) is 4.49. The van der Waals surface area contributed by atoms with E-state index in [0.29, 0.717) is 11.7 Å². The van der Waals surface area contributed by atoms with Gasteiger partial charge < -0.3 is 10.9 Å². The SMILES string of the molecule is C[C@]12CC[C@@H]3c4ccc(O)cc4CC[C@H]3[C@@H]1CC/C2=N\N. The fourth-order valence-corrected chi connectivity index (χ4v) is 5.57. The van der Waals surface area contributed by atoms with Crippen molar-refractivity contribution in [2.45, 2.75) is 51.4 Å². The van der Waals surface area contributed by atoms with E-state index in [1.54, 1.807) is 0 Å². The van der Waals surface area contributed by atoms with Crippen molar-refractivity contribution in [1.29, 1.82) is 0 Å². The largest absolute Gasteiger partial charge is 0.508 e. The summed E-state index contributed by atoms with van der Waals surface area (Å²) in [5.41, 5.74) is 4.35. The molecule has 1 aromatic rings. The van der Waals surface area contributed by atoms with Crippen LogP contribution in [-0.4, -0.2) is 10.8 Å². The average molecular weight is 284 g/mol. The third-order valence-corrected chi connectivity index (χ3v) is 6.61. The van der Waals surface area contributed by atoms with Gasteiger partial charge in [0, 0.05) is 11.1 Å². The molecule has 0 bridgehead atoms. The summed E-state index contributed by atoms with van der Waals surface area (Å²) in [6.07, 6.45) is 7.12. The van der Waals surface area contributed by atoms with E-state index in [0.717, 1.165) is 24.7 Å². The maximum absolute atomic E-state index is 9.71. The van der Waals surface area contributed by atoms with Gasteiger partial charge in [0.25, 0.3) is 0 Å². The lowest BCUT2D eigenvalue weighted by Gasteiger charge is -2.49. The summed E-state index contributed by atoms with van der Waals surface area (Å²) in [6.45, 7) is 2.39. The maximum Gasteiger partial charge on any atom is 0.115 e. The van der Waals surface area contributed by atoms with Crippen LogP contribution in [0.25, 0.3) is 0 Å². The molecule has 3 aliphatic carbocycles. The molecule has 3 aliphatic rings. The minimum atomic E-state index is 0.240. The van der Waals surface area contributed by atoms with Crippen LogP contribution in [0, 0.1) is 17.3 Å². The molecular weight excluding hydrogens is 260 g/mol. The monoisotopic (exact) mass is 284 g/mol. The summed E-state index contributed by atoms with van der Waals surface area (Å²) in [5.74, 6) is 8.23. The minimum absolute atomic E-state index is 0.240. The molecule has 3 heteroatoms. The van der Waals surface area contributed by atoms with Gasteiger partial charge in [-0.25, -0.2) is 0 Å². The molecule has 2 fully saturated rings. The van der Waals surface area contributed by atoms with Crippen LogP contribution in [0.3, 0.4) is 0 Å². The van der Waals surface area contributed by atoms with E-state index in [1.165, 1.54) is 42.5 Å². The van der Waals surface area contributed by atoms with Gasteiger partial charge >= 0.3 is 0 Å². The van der Waals surface area contributed by atoms with Crippen LogP contribution >= 0.6 is 0 Å². The van der Waals surface area contributed by atoms with Gasteiger partial charge in [0.1, 0.15) is 5.75 Å². The molecule has 0 radical (unpaired) electrons. The molecule has 4 atom stereocenters. The molecule has 0 saturated heterocycles. The molecule has 21 heavy (non-hydrogen) atoms. The van der Waals surface area contributed by atoms with Crippen LogP contribution in [-0.2, 0) is 6.42 Å². The van der Waals surface area contributed by atoms with Gasteiger partial charge in [-0.05, 0) is 79.5 Å². The van der Waals surface area contributed by atoms with Gasteiger partial charge in [0.05, 0.1) is 0 Å². The molecule has 1 aromatic carbocycles. The number of aromatic hydroxyl groups is 1. The van der Waals surface area contributed by atoms with Gasteiger partial charge in [-0.1, -0.05) is 13.0 Å². The van der Waals surface area contributed by atoms with Crippen molar-refractivity contribution in [3.05, 3.63) is 29.3 Å². The van der Waals surface area contributed by atoms with E-state index in [2.05, 4.69) is 18.1 Å². The first-order valence-corrected chi connectivity index (χ1v) is 8.22. The summed E-state index contributed by atoms with van der Waals surface area (Å²) >= 11 is 0. The Kier molecular flexibility index (Phi) is 2.82. The van der Waals surface area contributed by atoms with E-state index >= 15 is 0 Å². The molecule has 0 aliphatic heterocycles. The molecule has 4 rings (SSSR count). The number of benzene rings is 1. The number of aryl methyl sites for hydroxylation is 1. The summed E-state index contributed by atoms with van der Waals surface area (Å²) in [5, 5.41) is 13.8. The number of nitrogens with zero attached hydrogens (tertiary/aromatic N) is 1. The smallest absolute Gasteiger partial charge is 0.115 e. The van der Waals surface area contributed by atoms with E-state index in [4.69, 9.17) is 5.84 Å². The highest BCUT2D eigenvalue weighted by molar-refractivity contribution is 5.92. The van der Waals surface area contributed by atoms with Crippen molar-refractivity contribution in [1.82, 2.24) is 0 Å². The molecule has 0 spiro atoms. The normalized spacial score (nSPS) is 39.7. The number of hydrogen-bond acceptors (Lipinski definition) is 3. The van der Waals surface area contributed by atoms with E-state index < -0.39 is 0 Å². The zero-order valence-corrected chi connectivity index (χ0v) is 12.7.